The molecule has 0 aromatic heterocycles. The van der Waals surface area contributed by atoms with Gasteiger partial charge in [-0.25, -0.2) is 0 Å². The molecule has 1 nitrogen and oxygen atoms in total. The second-order valence-corrected chi connectivity index (χ2v) is 4.42. The number of benzene rings is 1. The molecule has 0 saturated carbocycles. The molecular weight excluding hydrogens is 178 g/mol. The Kier molecular flexibility index (Phi) is 4.16. The summed E-state index contributed by atoms with van der Waals surface area (Å²) in [4.78, 5) is 1.21. The van der Waals surface area contributed by atoms with Crippen LogP contribution in [0.15, 0.2) is 29.2 Å². The molecule has 0 heterocycles. The van der Waals surface area contributed by atoms with Crippen molar-refractivity contribution in [3.63, 3.8) is 0 Å². The number of hydrogen-bond donors (Lipinski definition) is 1. The number of thioether (sulfide) groups is 1. The Bertz CT molecular complexity index is 260. The van der Waals surface area contributed by atoms with Crippen LogP contribution in [0.5, 0.6) is 0 Å². The van der Waals surface area contributed by atoms with Crippen molar-refractivity contribution < 1.29 is 0 Å². The minimum absolute atomic E-state index is 0.768. The summed E-state index contributed by atoms with van der Waals surface area (Å²) < 4.78 is 0. The number of hydrogen-bond acceptors (Lipinski definition) is 2. The second-order valence-electron chi connectivity index (χ2n) is 3.36. The fourth-order valence-electron chi connectivity index (χ4n) is 0.962. The van der Waals surface area contributed by atoms with Crippen molar-refractivity contribution in [2.75, 3.05) is 11.5 Å². The summed E-state index contributed by atoms with van der Waals surface area (Å²) in [5.74, 6) is 1.93. The predicted octanol–water partition coefficient (Wildman–Crippen LogP) is 3.41. The van der Waals surface area contributed by atoms with E-state index >= 15 is 0 Å². The van der Waals surface area contributed by atoms with Crippen LogP contribution >= 0.6 is 11.8 Å². The summed E-state index contributed by atoms with van der Waals surface area (Å²) in [6.07, 6.45) is 1.24. The standard InChI is InChI=1S/C11H17NS/c1-3-9(2)8-13-11-7-5-4-6-10(11)12/h4-7,9H,3,8,12H2,1-2H3. The lowest BCUT2D eigenvalue weighted by Crippen LogP contribution is -1.96. The summed E-state index contributed by atoms with van der Waals surface area (Å²) in [7, 11) is 0. The molecule has 0 amide bonds. The third-order valence-corrected chi connectivity index (χ3v) is 3.56. The van der Waals surface area contributed by atoms with Crippen LogP contribution in [-0.4, -0.2) is 5.75 Å². The smallest absolute Gasteiger partial charge is 0.0452 e. The molecule has 2 heteroatoms. The Hall–Kier alpha value is -0.630. The third-order valence-electron chi connectivity index (χ3n) is 2.14. The number of nitrogens with two attached hydrogens (primary N) is 1. The highest BCUT2D eigenvalue weighted by atomic mass is 32.2. The summed E-state index contributed by atoms with van der Waals surface area (Å²) in [6.45, 7) is 4.49. The number of nitrogen functional groups attached to an aromatic ring is 1. The maximum absolute atomic E-state index is 5.83. The normalized spacial score (nSPS) is 12.8. The zero-order valence-corrected chi connectivity index (χ0v) is 9.10. The average Bonchev–Trinajstić information content (AvgIpc) is 2.16. The van der Waals surface area contributed by atoms with Gasteiger partial charge in [-0.2, -0.15) is 0 Å². The summed E-state index contributed by atoms with van der Waals surface area (Å²) in [5, 5.41) is 0. The van der Waals surface area contributed by atoms with Gasteiger partial charge < -0.3 is 5.73 Å². The van der Waals surface area contributed by atoms with Gasteiger partial charge in [0.15, 0.2) is 0 Å². The van der Waals surface area contributed by atoms with Gasteiger partial charge in [-0.1, -0.05) is 32.4 Å². The molecule has 0 aliphatic carbocycles. The van der Waals surface area contributed by atoms with Crippen LogP contribution in [0.3, 0.4) is 0 Å². The van der Waals surface area contributed by atoms with E-state index in [0.717, 1.165) is 17.4 Å². The Balaban J connectivity index is 2.50. The quantitative estimate of drug-likeness (QED) is 0.588. The molecule has 0 aliphatic rings. The zero-order chi connectivity index (χ0) is 9.68. The molecule has 2 N–H and O–H groups in total. The van der Waals surface area contributed by atoms with Crippen molar-refractivity contribution in [1.29, 1.82) is 0 Å². The fourth-order valence-corrected chi connectivity index (χ4v) is 2.07. The molecule has 1 rings (SSSR count). The van der Waals surface area contributed by atoms with Gasteiger partial charge in [-0.3, -0.25) is 0 Å². The minimum Gasteiger partial charge on any atom is -0.398 e. The zero-order valence-electron chi connectivity index (χ0n) is 8.29. The van der Waals surface area contributed by atoms with Crippen LogP contribution in [-0.2, 0) is 0 Å². The van der Waals surface area contributed by atoms with Crippen LogP contribution in [0.4, 0.5) is 5.69 Å². The van der Waals surface area contributed by atoms with Gasteiger partial charge in [0, 0.05) is 16.3 Å². The summed E-state index contributed by atoms with van der Waals surface area (Å²) >= 11 is 1.85. The van der Waals surface area contributed by atoms with E-state index in [1.807, 2.05) is 30.0 Å². The Morgan fingerprint density at radius 3 is 2.69 bits per heavy atom. The van der Waals surface area contributed by atoms with Crippen LogP contribution in [0, 0.1) is 5.92 Å². The van der Waals surface area contributed by atoms with Crippen molar-refractivity contribution in [3.8, 4) is 0 Å². The highest BCUT2D eigenvalue weighted by molar-refractivity contribution is 7.99. The highest BCUT2D eigenvalue weighted by Gasteiger charge is 2.02. The molecule has 0 bridgehead atoms. The maximum Gasteiger partial charge on any atom is 0.0452 e. The largest absolute Gasteiger partial charge is 0.398 e. The maximum atomic E-state index is 5.83. The van der Waals surface area contributed by atoms with Gasteiger partial charge in [-0.05, 0) is 18.1 Å². The predicted molar refractivity (Wildman–Crippen MR) is 61.0 cm³/mol. The topological polar surface area (TPSA) is 26.0 Å². The molecule has 0 fully saturated rings. The summed E-state index contributed by atoms with van der Waals surface area (Å²) in [5.41, 5.74) is 6.73. The lowest BCUT2D eigenvalue weighted by Gasteiger charge is -2.08. The number of anilines is 1. The van der Waals surface area contributed by atoms with E-state index in [0.29, 0.717) is 0 Å². The van der Waals surface area contributed by atoms with Crippen molar-refractivity contribution in [2.24, 2.45) is 5.92 Å². The number of para-hydroxylation sites is 1. The first-order valence-corrected chi connectivity index (χ1v) is 5.70. The molecule has 0 radical (unpaired) electrons. The first-order valence-electron chi connectivity index (χ1n) is 4.71. The lowest BCUT2D eigenvalue weighted by molar-refractivity contribution is 0.637. The van der Waals surface area contributed by atoms with Gasteiger partial charge >= 0.3 is 0 Å². The molecule has 1 atom stereocenters. The van der Waals surface area contributed by atoms with Crippen molar-refractivity contribution in [1.82, 2.24) is 0 Å². The van der Waals surface area contributed by atoms with E-state index in [9.17, 15) is 0 Å². The highest BCUT2D eigenvalue weighted by Crippen LogP contribution is 2.26. The summed E-state index contributed by atoms with van der Waals surface area (Å²) in [6, 6.07) is 8.05. The van der Waals surface area contributed by atoms with E-state index < -0.39 is 0 Å². The van der Waals surface area contributed by atoms with Gasteiger partial charge in [0.2, 0.25) is 0 Å². The molecule has 0 spiro atoms. The van der Waals surface area contributed by atoms with E-state index in [4.69, 9.17) is 5.73 Å². The fraction of sp³-hybridized carbons (Fsp3) is 0.455. The number of rotatable bonds is 4. The first kappa shape index (κ1) is 10.5. The third kappa shape index (κ3) is 3.31. The Morgan fingerprint density at radius 2 is 2.08 bits per heavy atom. The SMILES string of the molecule is CCC(C)CSc1ccccc1N. The molecule has 0 saturated heterocycles. The van der Waals surface area contributed by atoms with E-state index in [-0.39, 0.29) is 0 Å². The van der Waals surface area contributed by atoms with E-state index in [2.05, 4.69) is 19.9 Å². The van der Waals surface area contributed by atoms with Crippen molar-refractivity contribution in [3.05, 3.63) is 24.3 Å². The minimum atomic E-state index is 0.768. The lowest BCUT2D eigenvalue weighted by atomic mass is 10.2. The van der Waals surface area contributed by atoms with Crippen LogP contribution in [0.1, 0.15) is 20.3 Å². The second kappa shape index (κ2) is 5.18. The molecule has 72 valence electrons. The molecular formula is C11H17NS. The monoisotopic (exact) mass is 195 g/mol. The molecule has 1 aromatic rings. The molecule has 13 heavy (non-hydrogen) atoms. The average molecular weight is 195 g/mol. The van der Waals surface area contributed by atoms with E-state index in [1.165, 1.54) is 11.3 Å². The first-order chi connectivity index (χ1) is 6.24. The Morgan fingerprint density at radius 1 is 1.38 bits per heavy atom. The molecule has 1 unspecified atom stereocenters. The van der Waals surface area contributed by atoms with Gasteiger partial charge in [0.25, 0.3) is 0 Å². The van der Waals surface area contributed by atoms with Gasteiger partial charge in [0.1, 0.15) is 0 Å². The van der Waals surface area contributed by atoms with Crippen LogP contribution in [0.25, 0.3) is 0 Å². The van der Waals surface area contributed by atoms with Crippen LogP contribution in [0.2, 0.25) is 0 Å². The molecule has 1 aromatic carbocycles. The molecule has 0 aliphatic heterocycles. The van der Waals surface area contributed by atoms with Gasteiger partial charge in [0.05, 0.1) is 0 Å². The van der Waals surface area contributed by atoms with Gasteiger partial charge in [-0.15, -0.1) is 11.8 Å². The van der Waals surface area contributed by atoms with E-state index in [1.54, 1.807) is 0 Å². The Labute approximate surface area is 84.7 Å². The van der Waals surface area contributed by atoms with Crippen LogP contribution < -0.4 is 5.73 Å². The van der Waals surface area contributed by atoms with Crippen molar-refractivity contribution >= 4 is 17.4 Å². The van der Waals surface area contributed by atoms with Crippen molar-refractivity contribution in [2.45, 2.75) is 25.2 Å².